The van der Waals surface area contributed by atoms with Gasteiger partial charge in [-0.25, -0.2) is 4.79 Å². The molecule has 2 amide bonds. The summed E-state index contributed by atoms with van der Waals surface area (Å²) in [4.78, 5) is 31.4. The van der Waals surface area contributed by atoms with E-state index in [0.29, 0.717) is 31.1 Å². The van der Waals surface area contributed by atoms with E-state index >= 15 is 0 Å². The van der Waals surface area contributed by atoms with Gasteiger partial charge in [0.25, 0.3) is 5.91 Å². The average molecular weight is 398 g/mol. The lowest BCUT2D eigenvalue weighted by Crippen LogP contribution is -2.42. The summed E-state index contributed by atoms with van der Waals surface area (Å²) in [6, 6.07) is 8.05. The van der Waals surface area contributed by atoms with E-state index in [1.807, 2.05) is 63.8 Å². The van der Waals surface area contributed by atoms with E-state index in [-0.39, 0.29) is 12.0 Å². The third kappa shape index (κ3) is 5.46. The van der Waals surface area contributed by atoms with Gasteiger partial charge in [0.2, 0.25) is 0 Å². The van der Waals surface area contributed by atoms with Crippen molar-refractivity contribution in [3.63, 3.8) is 0 Å². The highest BCUT2D eigenvalue weighted by Crippen LogP contribution is 2.22. The first-order chi connectivity index (χ1) is 13.6. The first-order valence-corrected chi connectivity index (χ1v) is 10.3. The first kappa shape index (κ1) is 21.1. The van der Waals surface area contributed by atoms with Gasteiger partial charge in [-0.3, -0.25) is 9.78 Å². The molecular formula is C23H31N3O3. The summed E-state index contributed by atoms with van der Waals surface area (Å²) in [7, 11) is 0. The van der Waals surface area contributed by atoms with Crippen LogP contribution in [0.15, 0.2) is 24.3 Å². The standard InChI is InChI=1S/C23H31N3O3/c1-15-6-7-18-13-19(16(2)25-20(18)12-15)21(27)26-10-8-17(9-11-26)14-24-22(28)29-23(3,4)5/h6-7,12-13,17H,8-11,14H2,1-5H3,(H,24,28). The highest BCUT2D eigenvalue weighted by atomic mass is 16.6. The Kier molecular flexibility index (Phi) is 6.10. The monoisotopic (exact) mass is 397 g/mol. The number of hydrogen-bond acceptors (Lipinski definition) is 4. The number of hydrogen-bond donors (Lipinski definition) is 1. The molecule has 1 aromatic heterocycles. The van der Waals surface area contributed by atoms with Crippen molar-refractivity contribution in [2.45, 2.75) is 53.1 Å². The minimum Gasteiger partial charge on any atom is -0.444 e. The molecule has 0 radical (unpaired) electrons. The van der Waals surface area contributed by atoms with E-state index in [1.165, 1.54) is 0 Å². The average Bonchev–Trinajstić information content (AvgIpc) is 2.64. The van der Waals surface area contributed by atoms with Crippen LogP contribution in [-0.4, -0.2) is 47.1 Å². The maximum absolute atomic E-state index is 13.1. The summed E-state index contributed by atoms with van der Waals surface area (Å²) >= 11 is 0. The molecule has 1 fully saturated rings. The van der Waals surface area contributed by atoms with E-state index in [9.17, 15) is 9.59 Å². The number of fused-ring (bicyclic) bond motifs is 1. The van der Waals surface area contributed by atoms with Crippen LogP contribution < -0.4 is 5.32 Å². The maximum Gasteiger partial charge on any atom is 0.407 e. The number of aryl methyl sites for hydroxylation is 2. The van der Waals surface area contributed by atoms with E-state index in [0.717, 1.165) is 35.0 Å². The summed E-state index contributed by atoms with van der Waals surface area (Å²) in [6.45, 7) is 11.4. The zero-order chi connectivity index (χ0) is 21.2. The number of alkyl carbamates (subject to hydrolysis) is 1. The van der Waals surface area contributed by atoms with Crippen LogP contribution in [0, 0.1) is 19.8 Å². The number of nitrogens with one attached hydrogen (secondary N) is 1. The molecule has 0 bridgehead atoms. The fourth-order valence-corrected chi connectivity index (χ4v) is 3.64. The van der Waals surface area contributed by atoms with Crippen LogP contribution in [0.1, 0.15) is 55.2 Å². The number of aromatic nitrogens is 1. The third-order valence-corrected chi connectivity index (χ3v) is 5.23. The Hall–Kier alpha value is -2.63. The number of carbonyl (C=O) groups is 2. The Morgan fingerprint density at radius 2 is 1.86 bits per heavy atom. The molecule has 1 saturated heterocycles. The van der Waals surface area contributed by atoms with Gasteiger partial charge in [0.05, 0.1) is 16.8 Å². The number of nitrogens with zero attached hydrogens (tertiary/aromatic N) is 2. The topological polar surface area (TPSA) is 71.5 Å². The number of amides is 2. The van der Waals surface area contributed by atoms with Gasteiger partial charge in [0.15, 0.2) is 0 Å². The second-order valence-electron chi connectivity index (χ2n) is 8.94. The molecule has 29 heavy (non-hydrogen) atoms. The van der Waals surface area contributed by atoms with Gasteiger partial charge in [-0.05, 0) is 71.1 Å². The van der Waals surface area contributed by atoms with Gasteiger partial charge >= 0.3 is 6.09 Å². The van der Waals surface area contributed by atoms with Gasteiger partial charge in [0, 0.05) is 25.0 Å². The Morgan fingerprint density at radius 1 is 1.17 bits per heavy atom. The lowest BCUT2D eigenvalue weighted by Gasteiger charge is -2.32. The van der Waals surface area contributed by atoms with Crippen molar-refractivity contribution in [2.75, 3.05) is 19.6 Å². The molecular weight excluding hydrogens is 366 g/mol. The summed E-state index contributed by atoms with van der Waals surface area (Å²) in [6.07, 6.45) is 1.34. The normalized spacial score (nSPS) is 15.4. The molecule has 2 aromatic rings. The van der Waals surface area contributed by atoms with Crippen LogP contribution in [0.3, 0.4) is 0 Å². The van der Waals surface area contributed by atoms with Crippen LogP contribution in [-0.2, 0) is 4.74 Å². The lowest BCUT2D eigenvalue weighted by molar-refractivity contribution is 0.0500. The van der Waals surface area contributed by atoms with Gasteiger partial charge in [-0.2, -0.15) is 0 Å². The van der Waals surface area contributed by atoms with Gasteiger partial charge in [0.1, 0.15) is 5.60 Å². The van der Waals surface area contributed by atoms with Crippen molar-refractivity contribution in [1.29, 1.82) is 0 Å². The van der Waals surface area contributed by atoms with Crippen molar-refractivity contribution in [1.82, 2.24) is 15.2 Å². The van der Waals surface area contributed by atoms with Crippen LogP contribution in [0.25, 0.3) is 10.9 Å². The summed E-state index contributed by atoms with van der Waals surface area (Å²) in [5, 5.41) is 3.83. The number of likely N-dealkylation sites (tertiary alicyclic amines) is 1. The van der Waals surface area contributed by atoms with Crippen molar-refractivity contribution in [3.05, 3.63) is 41.1 Å². The van der Waals surface area contributed by atoms with Crippen molar-refractivity contribution in [2.24, 2.45) is 5.92 Å². The minimum atomic E-state index is -0.496. The zero-order valence-electron chi connectivity index (χ0n) is 18.0. The van der Waals surface area contributed by atoms with Crippen molar-refractivity contribution >= 4 is 22.9 Å². The van der Waals surface area contributed by atoms with Crippen LogP contribution in [0.5, 0.6) is 0 Å². The zero-order valence-corrected chi connectivity index (χ0v) is 18.0. The molecule has 6 nitrogen and oxygen atoms in total. The predicted octanol–water partition coefficient (Wildman–Crippen LogP) is 4.23. The second kappa shape index (κ2) is 8.39. The number of piperidine rings is 1. The first-order valence-electron chi connectivity index (χ1n) is 10.3. The van der Waals surface area contributed by atoms with E-state index in [4.69, 9.17) is 4.74 Å². The van der Waals surface area contributed by atoms with Gasteiger partial charge < -0.3 is 15.0 Å². The molecule has 0 spiro atoms. The molecule has 2 heterocycles. The van der Waals surface area contributed by atoms with Crippen LogP contribution in [0.4, 0.5) is 4.79 Å². The molecule has 0 aliphatic carbocycles. The Bertz CT molecular complexity index is 909. The highest BCUT2D eigenvalue weighted by molar-refractivity contribution is 5.98. The number of benzene rings is 1. The molecule has 1 aromatic carbocycles. The molecule has 1 aliphatic heterocycles. The van der Waals surface area contributed by atoms with Gasteiger partial charge in [-0.15, -0.1) is 0 Å². The molecule has 0 atom stereocenters. The van der Waals surface area contributed by atoms with E-state index in [1.54, 1.807) is 0 Å². The number of rotatable bonds is 3. The summed E-state index contributed by atoms with van der Waals surface area (Å²) in [5.74, 6) is 0.390. The minimum absolute atomic E-state index is 0.0380. The molecule has 6 heteroatoms. The summed E-state index contributed by atoms with van der Waals surface area (Å²) in [5.41, 5.74) is 3.02. The quantitative estimate of drug-likeness (QED) is 0.841. The molecule has 1 aliphatic rings. The van der Waals surface area contributed by atoms with Crippen molar-refractivity contribution in [3.8, 4) is 0 Å². The second-order valence-corrected chi connectivity index (χ2v) is 8.94. The Labute approximate surface area is 172 Å². The number of carbonyl (C=O) groups excluding carboxylic acids is 2. The van der Waals surface area contributed by atoms with Gasteiger partial charge in [-0.1, -0.05) is 12.1 Å². The SMILES string of the molecule is Cc1ccc2cc(C(=O)N3CCC(CNC(=O)OC(C)(C)C)CC3)c(C)nc2c1. The summed E-state index contributed by atoms with van der Waals surface area (Å²) < 4.78 is 5.28. The van der Waals surface area contributed by atoms with Crippen LogP contribution in [0.2, 0.25) is 0 Å². The predicted molar refractivity (Wildman–Crippen MR) is 114 cm³/mol. The number of pyridine rings is 1. The molecule has 0 saturated carbocycles. The van der Waals surface area contributed by atoms with Crippen molar-refractivity contribution < 1.29 is 14.3 Å². The number of ether oxygens (including phenoxy) is 1. The fourth-order valence-electron chi connectivity index (χ4n) is 3.64. The van der Waals surface area contributed by atoms with Crippen LogP contribution >= 0.6 is 0 Å². The largest absolute Gasteiger partial charge is 0.444 e. The van der Waals surface area contributed by atoms with E-state index < -0.39 is 5.60 Å². The Balaban J connectivity index is 1.58. The maximum atomic E-state index is 13.1. The van der Waals surface area contributed by atoms with E-state index in [2.05, 4.69) is 10.3 Å². The fraction of sp³-hybridized carbons (Fsp3) is 0.522. The lowest BCUT2D eigenvalue weighted by atomic mass is 9.96. The Morgan fingerprint density at radius 3 is 2.52 bits per heavy atom. The molecule has 156 valence electrons. The smallest absolute Gasteiger partial charge is 0.407 e. The third-order valence-electron chi connectivity index (χ3n) is 5.23. The molecule has 0 unspecified atom stereocenters. The molecule has 3 rings (SSSR count). The highest BCUT2D eigenvalue weighted by Gasteiger charge is 2.26. The molecule has 1 N–H and O–H groups in total.